The minimum absolute atomic E-state index is 0.103. The summed E-state index contributed by atoms with van der Waals surface area (Å²) in [7, 11) is 0. The molecule has 170 valence electrons. The molecule has 1 aromatic heterocycles. The second kappa shape index (κ2) is 9.85. The Labute approximate surface area is 191 Å². The first-order chi connectivity index (χ1) is 16.0. The molecule has 0 aliphatic heterocycles. The highest BCUT2D eigenvalue weighted by Gasteiger charge is 2.20. The molecule has 4 aromatic rings. The van der Waals surface area contributed by atoms with E-state index in [1.54, 1.807) is 30.3 Å². The van der Waals surface area contributed by atoms with Crippen LogP contribution in [-0.4, -0.2) is 35.1 Å². The lowest BCUT2D eigenvalue weighted by atomic mass is 9.98. The predicted molar refractivity (Wildman–Crippen MR) is 129 cm³/mol. The number of phenolic OH excluding ortho intramolecular Hbond substituents is 1. The third-order valence-corrected chi connectivity index (χ3v) is 5.64. The number of carbonyl (C=O) groups is 1. The predicted octanol–water partition coefficient (Wildman–Crippen LogP) is 4.14. The van der Waals surface area contributed by atoms with Crippen LogP contribution < -0.4 is 16.8 Å². The number of hydrogen-bond acceptors (Lipinski definition) is 4. The van der Waals surface area contributed by atoms with Gasteiger partial charge in [0.15, 0.2) is 0 Å². The van der Waals surface area contributed by atoms with E-state index in [0.29, 0.717) is 29.9 Å². The van der Waals surface area contributed by atoms with E-state index in [2.05, 4.69) is 10.3 Å². The molecular formula is C26H27FN4O2. The Bertz CT molecular complexity index is 1270. The SMILES string of the molecule is NCCCC(N)CNC(=O)c1[nH]c2ccc(-c3ccc(F)cc3)cc2c1-c1cccc(O)c1. The Balaban J connectivity index is 1.76. The van der Waals surface area contributed by atoms with E-state index in [9.17, 15) is 14.3 Å². The van der Waals surface area contributed by atoms with Gasteiger partial charge in [-0.25, -0.2) is 4.39 Å². The van der Waals surface area contributed by atoms with Gasteiger partial charge in [0.05, 0.1) is 0 Å². The van der Waals surface area contributed by atoms with E-state index in [4.69, 9.17) is 11.5 Å². The number of aromatic amines is 1. The maximum Gasteiger partial charge on any atom is 0.268 e. The molecule has 1 atom stereocenters. The van der Waals surface area contributed by atoms with Crippen LogP contribution in [-0.2, 0) is 0 Å². The Morgan fingerprint density at radius 1 is 1.03 bits per heavy atom. The summed E-state index contributed by atoms with van der Waals surface area (Å²) in [4.78, 5) is 16.4. The molecule has 0 aliphatic carbocycles. The van der Waals surface area contributed by atoms with Gasteiger partial charge in [-0.05, 0) is 72.5 Å². The molecule has 0 bridgehead atoms. The fourth-order valence-corrected chi connectivity index (χ4v) is 3.94. The standard InChI is InChI=1S/C26H27FN4O2/c27-19-9-6-16(7-10-19)17-8-11-23-22(14-17)24(18-3-1-5-21(32)13-18)25(31-23)26(33)30-15-20(29)4-2-12-28/h1,3,5-11,13-14,20,31-32H,2,4,12,15,28-29H2,(H,30,33). The molecule has 7 N–H and O–H groups in total. The van der Waals surface area contributed by atoms with Crippen LogP contribution in [0.1, 0.15) is 23.3 Å². The molecule has 0 spiro atoms. The minimum atomic E-state index is -0.300. The zero-order valence-corrected chi connectivity index (χ0v) is 18.1. The molecule has 0 radical (unpaired) electrons. The molecule has 0 saturated carbocycles. The zero-order chi connectivity index (χ0) is 23.4. The van der Waals surface area contributed by atoms with Gasteiger partial charge >= 0.3 is 0 Å². The molecule has 7 heteroatoms. The largest absolute Gasteiger partial charge is 0.508 e. The first-order valence-corrected chi connectivity index (χ1v) is 10.9. The molecule has 6 nitrogen and oxygen atoms in total. The van der Waals surface area contributed by atoms with Crippen LogP contribution in [0.25, 0.3) is 33.2 Å². The Hall–Kier alpha value is -3.68. The quantitative estimate of drug-likeness (QED) is 0.280. The Kier molecular flexibility index (Phi) is 6.72. The normalized spacial score (nSPS) is 12.1. The van der Waals surface area contributed by atoms with Gasteiger partial charge in [-0.1, -0.05) is 30.3 Å². The van der Waals surface area contributed by atoms with Crippen molar-refractivity contribution in [2.24, 2.45) is 11.5 Å². The number of nitrogens with two attached hydrogens (primary N) is 2. The number of phenols is 1. The molecule has 0 saturated heterocycles. The summed E-state index contributed by atoms with van der Waals surface area (Å²) in [5.74, 6) is -0.478. The molecule has 33 heavy (non-hydrogen) atoms. The fraction of sp³-hybridized carbons (Fsp3) is 0.192. The minimum Gasteiger partial charge on any atom is -0.508 e. The van der Waals surface area contributed by atoms with Crippen LogP contribution in [0.5, 0.6) is 5.75 Å². The number of nitrogens with one attached hydrogen (secondary N) is 2. The monoisotopic (exact) mass is 446 g/mol. The molecule has 0 fully saturated rings. The molecular weight excluding hydrogens is 419 g/mol. The zero-order valence-electron chi connectivity index (χ0n) is 18.1. The lowest BCUT2D eigenvalue weighted by Crippen LogP contribution is -2.37. The summed E-state index contributed by atoms with van der Waals surface area (Å²) in [6.45, 7) is 0.885. The van der Waals surface area contributed by atoms with Crippen LogP contribution in [0.3, 0.4) is 0 Å². The van der Waals surface area contributed by atoms with Crippen molar-refractivity contribution in [3.05, 3.63) is 78.2 Å². The summed E-state index contributed by atoms with van der Waals surface area (Å²) >= 11 is 0. The lowest BCUT2D eigenvalue weighted by molar-refractivity contribution is 0.0947. The van der Waals surface area contributed by atoms with Crippen molar-refractivity contribution < 1.29 is 14.3 Å². The Morgan fingerprint density at radius 3 is 2.52 bits per heavy atom. The highest BCUT2D eigenvalue weighted by atomic mass is 19.1. The van der Waals surface area contributed by atoms with Gasteiger partial charge < -0.3 is 26.9 Å². The number of hydrogen-bond donors (Lipinski definition) is 5. The summed E-state index contributed by atoms with van der Waals surface area (Å²) in [5.41, 5.74) is 15.9. The summed E-state index contributed by atoms with van der Waals surface area (Å²) in [6.07, 6.45) is 1.52. The summed E-state index contributed by atoms with van der Waals surface area (Å²) in [6, 6.07) is 18.6. The highest BCUT2D eigenvalue weighted by molar-refractivity contribution is 6.10. The first-order valence-electron chi connectivity index (χ1n) is 10.9. The third kappa shape index (κ3) is 5.05. The number of aromatic nitrogens is 1. The van der Waals surface area contributed by atoms with Crippen molar-refractivity contribution in [2.45, 2.75) is 18.9 Å². The van der Waals surface area contributed by atoms with E-state index >= 15 is 0 Å². The fourth-order valence-electron chi connectivity index (χ4n) is 3.94. The lowest BCUT2D eigenvalue weighted by Gasteiger charge is -2.12. The number of rotatable bonds is 8. The molecule has 1 amide bonds. The van der Waals surface area contributed by atoms with Crippen LogP contribution in [0, 0.1) is 5.82 Å². The van der Waals surface area contributed by atoms with Gasteiger partial charge in [0, 0.05) is 29.1 Å². The number of halogens is 1. The van der Waals surface area contributed by atoms with E-state index in [1.807, 2.05) is 24.3 Å². The van der Waals surface area contributed by atoms with Gasteiger partial charge in [0.1, 0.15) is 17.3 Å². The van der Waals surface area contributed by atoms with Crippen molar-refractivity contribution in [3.63, 3.8) is 0 Å². The van der Waals surface area contributed by atoms with E-state index < -0.39 is 0 Å². The maximum atomic E-state index is 13.4. The number of amides is 1. The van der Waals surface area contributed by atoms with Crippen LogP contribution >= 0.6 is 0 Å². The third-order valence-electron chi connectivity index (χ3n) is 5.64. The number of aromatic hydroxyl groups is 1. The maximum absolute atomic E-state index is 13.4. The van der Waals surface area contributed by atoms with E-state index in [1.165, 1.54) is 12.1 Å². The van der Waals surface area contributed by atoms with Crippen molar-refractivity contribution in [3.8, 4) is 28.0 Å². The topological polar surface area (TPSA) is 117 Å². The van der Waals surface area contributed by atoms with Crippen LogP contribution in [0.2, 0.25) is 0 Å². The average Bonchev–Trinajstić information content (AvgIpc) is 3.20. The van der Waals surface area contributed by atoms with E-state index in [-0.39, 0.29) is 23.5 Å². The summed E-state index contributed by atoms with van der Waals surface area (Å²) < 4.78 is 13.4. The molecule has 4 rings (SSSR count). The van der Waals surface area contributed by atoms with Crippen LogP contribution in [0.15, 0.2) is 66.7 Å². The van der Waals surface area contributed by atoms with Crippen molar-refractivity contribution >= 4 is 16.8 Å². The first kappa shape index (κ1) is 22.5. The van der Waals surface area contributed by atoms with Crippen molar-refractivity contribution in [1.29, 1.82) is 0 Å². The van der Waals surface area contributed by atoms with Crippen molar-refractivity contribution in [2.75, 3.05) is 13.1 Å². The van der Waals surface area contributed by atoms with Gasteiger partial charge in [-0.3, -0.25) is 4.79 Å². The number of benzene rings is 3. The van der Waals surface area contributed by atoms with Gasteiger partial charge in [0.2, 0.25) is 0 Å². The highest BCUT2D eigenvalue weighted by Crippen LogP contribution is 2.36. The Morgan fingerprint density at radius 2 is 1.79 bits per heavy atom. The van der Waals surface area contributed by atoms with Crippen LogP contribution in [0.4, 0.5) is 4.39 Å². The molecule has 1 unspecified atom stereocenters. The van der Waals surface area contributed by atoms with E-state index in [0.717, 1.165) is 34.9 Å². The number of carbonyl (C=O) groups excluding carboxylic acids is 1. The number of H-pyrrole nitrogens is 1. The van der Waals surface area contributed by atoms with Gasteiger partial charge in [-0.15, -0.1) is 0 Å². The van der Waals surface area contributed by atoms with Crippen molar-refractivity contribution in [1.82, 2.24) is 10.3 Å². The number of fused-ring (bicyclic) bond motifs is 1. The van der Waals surface area contributed by atoms with Gasteiger partial charge in [-0.2, -0.15) is 0 Å². The summed E-state index contributed by atoms with van der Waals surface area (Å²) in [5, 5.41) is 13.8. The molecule has 0 aliphatic rings. The smallest absolute Gasteiger partial charge is 0.268 e. The molecule has 3 aromatic carbocycles. The average molecular weight is 447 g/mol. The van der Waals surface area contributed by atoms with Gasteiger partial charge in [0.25, 0.3) is 5.91 Å². The second-order valence-corrected chi connectivity index (χ2v) is 8.09. The molecule has 1 heterocycles. The second-order valence-electron chi connectivity index (χ2n) is 8.09.